The molecule has 3 nitrogen and oxygen atoms in total. The number of carbonyl (C=O) groups excluding carboxylic acids is 1. The summed E-state index contributed by atoms with van der Waals surface area (Å²) in [5.74, 6) is 0.0660. The SMILES string of the molecule is CCCCCCCCCCCCCCCCCOc1ccc(-c2ccc(OC(=O)C(F)C(C)CC)cc2)cc1. The van der Waals surface area contributed by atoms with E-state index in [1.807, 2.05) is 43.3 Å². The maximum atomic E-state index is 14.0. The maximum Gasteiger partial charge on any atom is 0.346 e. The highest BCUT2D eigenvalue weighted by Gasteiger charge is 2.25. The fourth-order valence-electron chi connectivity index (χ4n) is 4.73. The number of hydrogen-bond acceptors (Lipinski definition) is 3. The number of esters is 1. The molecule has 39 heavy (non-hydrogen) atoms. The van der Waals surface area contributed by atoms with Crippen LogP contribution in [0.4, 0.5) is 4.39 Å². The summed E-state index contributed by atoms with van der Waals surface area (Å²) >= 11 is 0. The summed E-state index contributed by atoms with van der Waals surface area (Å²) in [5, 5.41) is 0. The zero-order chi connectivity index (χ0) is 28.1. The molecule has 2 rings (SSSR count). The number of halogens is 1. The third-order valence-corrected chi connectivity index (χ3v) is 7.65. The summed E-state index contributed by atoms with van der Waals surface area (Å²) in [6.45, 7) is 6.60. The Labute approximate surface area is 237 Å². The molecule has 0 saturated carbocycles. The highest BCUT2D eigenvalue weighted by molar-refractivity contribution is 5.77. The molecule has 0 aliphatic heterocycles. The summed E-state index contributed by atoms with van der Waals surface area (Å²) in [5.41, 5.74) is 2.05. The molecule has 4 heteroatoms. The number of rotatable bonds is 22. The molecular weight excluding hydrogens is 487 g/mol. The minimum Gasteiger partial charge on any atom is -0.494 e. The molecule has 2 aromatic rings. The Morgan fingerprint density at radius 3 is 1.49 bits per heavy atom. The van der Waals surface area contributed by atoms with Crippen LogP contribution in [0.5, 0.6) is 11.5 Å². The lowest BCUT2D eigenvalue weighted by Crippen LogP contribution is -2.27. The van der Waals surface area contributed by atoms with Crippen molar-refractivity contribution in [2.75, 3.05) is 6.61 Å². The monoisotopic (exact) mass is 540 g/mol. The first-order valence-corrected chi connectivity index (χ1v) is 15.7. The Morgan fingerprint density at radius 1 is 0.641 bits per heavy atom. The van der Waals surface area contributed by atoms with Gasteiger partial charge in [-0.25, -0.2) is 9.18 Å². The molecule has 0 saturated heterocycles. The van der Waals surface area contributed by atoms with E-state index in [0.717, 1.165) is 29.9 Å². The molecule has 0 heterocycles. The summed E-state index contributed by atoms with van der Waals surface area (Å²) in [7, 11) is 0. The van der Waals surface area contributed by atoms with Gasteiger partial charge in [-0.15, -0.1) is 0 Å². The van der Waals surface area contributed by atoms with Crippen LogP contribution in [-0.2, 0) is 4.79 Å². The van der Waals surface area contributed by atoms with E-state index in [2.05, 4.69) is 6.92 Å². The second-order valence-corrected chi connectivity index (χ2v) is 11.1. The first kappa shape index (κ1) is 32.8. The van der Waals surface area contributed by atoms with E-state index in [4.69, 9.17) is 9.47 Å². The summed E-state index contributed by atoms with van der Waals surface area (Å²) in [4.78, 5) is 12.0. The van der Waals surface area contributed by atoms with Gasteiger partial charge in [0.1, 0.15) is 11.5 Å². The number of carbonyl (C=O) groups is 1. The van der Waals surface area contributed by atoms with Crippen LogP contribution in [0.2, 0.25) is 0 Å². The van der Waals surface area contributed by atoms with E-state index < -0.39 is 12.1 Å². The van der Waals surface area contributed by atoms with Crippen LogP contribution in [0.25, 0.3) is 11.1 Å². The lowest BCUT2D eigenvalue weighted by atomic mass is 10.0. The fourth-order valence-corrected chi connectivity index (χ4v) is 4.73. The summed E-state index contributed by atoms with van der Waals surface area (Å²) in [6.07, 6.45) is 19.4. The van der Waals surface area contributed by atoms with Crippen molar-refractivity contribution in [3.05, 3.63) is 48.5 Å². The van der Waals surface area contributed by atoms with Crippen molar-refractivity contribution in [1.29, 1.82) is 0 Å². The van der Waals surface area contributed by atoms with Crippen molar-refractivity contribution in [2.24, 2.45) is 5.92 Å². The topological polar surface area (TPSA) is 35.5 Å². The molecule has 0 fully saturated rings. The lowest BCUT2D eigenvalue weighted by Gasteiger charge is -2.13. The average Bonchev–Trinajstić information content (AvgIpc) is 2.96. The highest BCUT2D eigenvalue weighted by Crippen LogP contribution is 2.25. The van der Waals surface area contributed by atoms with Gasteiger partial charge in [-0.3, -0.25) is 0 Å². The standard InChI is InChI=1S/C35H53FO3/c1-4-6-7-8-9-10-11-12-13-14-15-16-17-18-19-28-38-32-24-20-30(21-25-32)31-22-26-33(27-23-31)39-35(37)34(36)29(3)5-2/h20-27,29,34H,4-19,28H2,1-3H3. The number of benzene rings is 2. The van der Waals surface area contributed by atoms with Gasteiger partial charge >= 0.3 is 5.97 Å². The molecule has 0 N–H and O–H groups in total. The smallest absolute Gasteiger partial charge is 0.346 e. The Hall–Kier alpha value is -2.36. The van der Waals surface area contributed by atoms with Crippen LogP contribution in [0.3, 0.4) is 0 Å². The minimum atomic E-state index is -1.60. The van der Waals surface area contributed by atoms with Crippen molar-refractivity contribution in [3.63, 3.8) is 0 Å². The largest absolute Gasteiger partial charge is 0.494 e. The molecule has 218 valence electrons. The van der Waals surface area contributed by atoms with Crippen molar-refractivity contribution < 1.29 is 18.7 Å². The fraction of sp³-hybridized carbons (Fsp3) is 0.629. The third kappa shape index (κ3) is 14.0. The van der Waals surface area contributed by atoms with Crippen LogP contribution in [0.15, 0.2) is 48.5 Å². The molecule has 0 radical (unpaired) electrons. The van der Waals surface area contributed by atoms with Gasteiger partial charge in [0.15, 0.2) is 6.17 Å². The number of hydrogen-bond donors (Lipinski definition) is 0. The molecule has 0 aliphatic carbocycles. The Morgan fingerprint density at radius 2 is 1.05 bits per heavy atom. The number of unbranched alkanes of at least 4 members (excludes halogenated alkanes) is 14. The zero-order valence-electron chi connectivity index (χ0n) is 24.9. The summed E-state index contributed by atoms with van der Waals surface area (Å²) < 4.78 is 25.2. The molecule has 0 spiro atoms. The van der Waals surface area contributed by atoms with E-state index in [9.17, 15) is 9.18 Å². The van der Waals surface area contributed by atoms with E-state index in [1.165, 1.54) is 89.9 Å². The highest BCUT2D eigenvalue weighted by atomic mass is 19.1. The second-order valence-electron chi connectivity index (χ2n) is 11.1. The van der Waals surface area contributed by atoms with Crippen LogP contribution in [0, 0.1) is 5.92 Å². The minimum absolute atomic E-state index is 0.350. The van der Waals surface area contributed by atoms with E-state index in [0.29, 0.717) is 12.2 Å². The van der Waals surface area contributed by atoms with E-state index in [1.54, 1.807) is 19.1 Å². The van der Waals surface area contributed by atoms with Gasteiger partial charge in [-0.05, 0) is 47.7 Å². The average molecular weight is 541 g/mol. The van der Waals surface area contributed by atoms with Crippen LogP contribution < -0.4 is 9.47 Å². The number of alkyl halides is 1. The lowest BCUT2D eigenvalue weighted by molar-refractivity contribution is -0.141. The first-order valence-electron chi connectivity index (χ1n) is 15.7. The van der Waals surface area contributed by atoms with Gasteiger partial charge in [0.2, 0.25) is 0 Å². The van der Waals surface area contributed by atoms with Gasteiger partial charge in [0.25, 0.3) is 0 Å². The predicted molar refractivity (Wildman–Crippen MR) is 162 cm³/mol. The van der Waals surface area contributed by atoms with Crippen molar-refractivity contribution in [1.82, 2.24) is 0 Å². The normalized spacial score (nSPS) is 12.7. The zero-order valence-corrected chi connectivity index (χ0v) is 24.9. The summed E-state index contributed by atoms with van der Waals surface area (Å²) in [6, 6.07) is 15.2. The maximum absolute atomic E-state index is 14.0. The molecule has 0 amide bonds. The molecule has 0 bridgehead atoms. The van der Waals surface area contributed by atoms with Gasteiger partial charge < -0.3 is 9.47 Å². The van der Waals surface area contributed by atoms with Crippen LogP contribution >= 0.6 is 0 Å². The predicted octanol–water partition coefficient (Wildman–Crippen LogP) is 10.9. The Balaban J connectivity index is 1.52. The second kappa shape index (κ2) is 20.5. The number of ether oxygens (including phenoxy) is 2. The quantitative estimate of drug-likeness (QED) is 0.0846. The molecule has 2 unspecified atom stereocenters. The third-order valence-electron chi connectivity index (χ3n) is 7.65. The molecule has 2 aromatic carbocycles. The van der Waals surface area contributed by atoms with Crippen molar-refractivity contribution in [3.8, 4) is 22.6 Å². The van der Waals surface area contributed by atoms with Gasteiger partial charge in [-0.1, -0.05) is 141 Å². The Bertz CT molecular complexity index is 878. The molecule has 0 aliphatic rings. The first-order chi connectivity index (χ1) is 19.0. The molecular formula is C35H53FO3. The van der Waals surface area contributed by atoms with Crippen molar-refractivity contribution in [2.45, 2.75) is 130 Å². The molecule has 0 aromatic heterocycles. The van der Waals surface area contributed by atoms with E-state index >= 15 is 0 Å². The van der Waals surface area contributed by atoms with Crippen LogP contribution in [0.1, 0.15) is 124 Å². The molecule has 2 atom stereocenters. The van der Waals surface area contributed by atoms with Gasteiger partial charge in [-0.2, -0.15) is 0 Å². The van der Waals surface area contributed by atoms with Gasteiger partial charge in [0.05, 0.1) is 6.61 Å². The van der Waals surface area contributed by atoms with Gasteiger partial charge in [0, 0.05) is 0 Å². The Kier molecular flexibility index (Phi) is 17.3. The van der Waals surface area contributed by atoms with Crippen molar-refractivity contribution >= 4 is 5.97 Å². The van der Waals surface area contributed by atoms with Crippen LogP contribution in [-0.4, -0.2) is 18.7 Å². The van der Waals surface area contributed by atoms with E-state index in [-0.39, 0.29) is 5.92 Å².